The molecule has 1 unspecified atom stereocenters. The molecule has 1 aromatic heterocycles. The highest BCUT2D eigenvalue weighted by atomic mass is 16.5. The highest BCUT2D eigenvalue weighted by Crippen LogP contribution is 2.40. The number of hydrogen-bond donors (Lipinski definition) is 6. The van der Waals surface area contributed by atoms with E-state index in [1.807, 2.05) is 60.7 Å². The summed E-state index contributed by atoms with van der Waals surface area (Å²) >= 11 is 0. The molecule has 3 aromatic rings. The van der Waals surface area contributed by atoms with E-state index < -0.39 is 58.4 Å². The van der Waals surface area contributed by atoms with Crippen molar-refractivity contribution in [3.8, 4) is 11.3 Å². The van der Waals surface area contributed by atoms with Gasteiger partial charge < -0.3 is 31.3 Å². The fourth-order valence-electron chi connectivity index (χ4n) is 6.17. The van der Waals surface area contributed by atoms with Crippen LogP contribution in [0.25, 0.3) is 11.3 Å². The molecule has 50 heavy (non-hydrogen) atoms. The van der Waals surface area contributed by atoms with Gasteiger partial charge in [0.05, 0.1) is 18.9 Å². The van der Waals surface area contributed by atoms with Crippen molar-refractivity contribution >= 4 is 24.0 Å². The van der Waals surface area contributed by atoms with E-state index in [2.05, 4.69) is 21.0 Å². The lowest BCUT2D eigenvalue weighted by molar-refractivity contribution is -0.139. The maximum Gasteiger partial charge on any atom is 0.407 e. The van der Waals surface area contributed by atoms with E-state index in [4.69, 9.17) is 10.5 Å². The highest BCUT2D eigenvalue weighted by molar-refractivity contribution is 5.90. The molecule has 0 aliphatic rings. The molecule has 0 saturated heterocycles. The number of amides is 4. The average molecular weight is 691 g/mol. The Bertz CT molecular complexity index is 1590. The quantitative estimate of drug-likeness (QED) is 0.135. The molecule has 13 nitrogen and oxygen atoms in total. The van der Waals surface area contributed by atoms with Crippen LogP contribution >= 0.6 is 0 Å². The number of aromatic nitrogens is 1. The summed E-state index contributed by atoms with van der Waals surface area (Å²) in [6, 6.07) is 21.1. The zero-order chi connectivity index (χ0) is 37.3. The number of rotatable bonds is 14. The first-order valence-corrected chi connectivity index (χ1v) is 16.3. The Morgan fingerprint density at radius 1 is 0.900 bits per heavy atom. The van der Waals surface area contributed by atoms with Crippen LogP contribution < -0.4 is 21.8 Å². The van der Waals surface area contributed by atoms with Crippen LogP contribution in [0.5, 0.6) is 0 Å². The van der Waals surface area contributed by atoms with Gasteiger partial charge in [0.2, 0.25) is 5.91 Å². The van der Waals surface area contributed by atoms with Gasteiger partial charge in [0.25, 0.3) is 5.91 Å². The molecule has 2 aromatic carbocycles. The SMILES string of the molecule is COC(=O)N[C@H](C(=O)NN(Cc1ccc(-c2ccccn2)cc1)C[C@@H](O)[C@@H](Cc1ccccc1)C(NC(=O)O)(C(N)=O)C(C)(C)C)C(C)(C)C. The topological polar surface area (TPSA) is 196 Å². The minimum atomic E-state index is -1.95. The van der Waals surface area contributed by atoms with Gasteiger partial charge >= 0.3 is 12.2 Å². The summed E-state index contributed by atoms with van der Waals surface area (Å²) in [6.07, 6.45) is -1.94. The monoisotopic (exact) mass is 690 g/mol. The lowest BCUT2D eigenvalue weighted by Gasteiger charge is -2.49. The number of methoxy groups -OCH3 is 1. The second-order valence-corrected chi connectivity index (χ2v) is 14.4. The molecule has 0 saturated carbocycles. The number of nitrogens with two attached hydrogens (primary N) is 1. The molecular formula is C37H50N6O7. The minimum absolute atomic E-state index is 0.0670. The van der Waals surface area contributed by atoms with Crippen molar-refractivity contribution in [2.75, 3.05) is 13.7 Å². The van der Waals surface area contributed by atoms with Crippen LogP contribution in [0.3, 0.4) is 0 Å². The number of carbonyl (C=O) groups excluding carboxylic acids is 3. The van der Waals surface area contributed by atoms with Gasteiger partial charge in [0.15, 0.2) is 0 Å². The lowest BCUT2D eigenvalue weighted by atomic mass is 9.62. The summed E-state index contributed by atoms with van der Waals surface area (Å²) < 4.78 is 4.76. The maximum atomic E-state index is 13.9. The summed E-state index contributed by atoms with van der Waals surface area (Å²) in [5.74, 6) is -2.64. The van der Waals surface area contributed by atoms with Gasteiger partial charge in [-0.2, -0.15) is 0 Å². The number of carbonyl (C=O) groups is 4. The fraction of sp³-hybridized carbons (Fsp3) is 0.432. The lowest BCUT2D eigenvalue weighted by Crippen LogP contribution is -2.71. The van der Waals surface area contributed by atoms with Gasteiger partial charge in [-0.15, -0.1) is 0 Å². The molecule has 4 atom stereocenters. The number of nitrogens with zero attached hydrogens (tertiary/aromatic N) is 2. The standard InChI is InChI=1S/C37H50N6O7/c1-35(2,3)30(40-34(49)50-7)31(45)42-43(22-25-16-18-26(19-17-25)28-15-11-12-20-39-28)23-29(44)27(21-24-13-9-8-10-14-24)37(32(38)46,36(4,5)6)41-33(47)48/h8-20,27,29-30,41,44H,21-23H2,1-7H3,(H2,38,46)(H,40,49)(H,42,45)(H,47,48)/t27-,29-,30-,37?/m1/s1. The number of nitrogens with one attached hydrogen (secondary N) is 3. The predicted molar refractivity (Wildman–Crippen MR) is 189 cm³/mol. The zero-order valence-electron chi connectivity index (χ0n) is 29.8. The second-order valence-electron chi connectivity index (χ2n) is 14.4. The molecule has 0 radical (unpaired) electrons. The normalized spacial score (nSPS) is 14.8. The Morgan fingerprint density at radius 2 is 1.52 bits per heavy atom. The summed E-state index contributed by atoms with van der Waals surface area (Å²) in [6.45, 7) is 10.2. The number of hydrazine groups is 1. The van der Waals surface area contributed by atoms with Crippen LogP contribution in [0.2, 0.25) is 0 Å². The van der Waals surface area contributed by atoms with E-state index in [0.29, 0.717) is 0 Å². The Kier molecular flexibility index (Phi) is 13.1. The molecule has 3 rings (SSSR count). The molecule has 270 valence electrons. The number of pyridine rings is 1. The summed E-state index contributed by atoms with van der Waals surface area (Å²) in [4.78, 5) is 56.1. The third-order valence-corrected chi connectivity index (χ3v) is 8.73. The van der Waals surface area contributed by atoms with Crippen LogP contribution in [0.1, 0.15) is 52.7 Å². The van der Waals surface area contributed by atoms with Crippen LogP contribution in [0.15, 0.2) is 79.0 Å². The van der Waals surface area contributed by atoms with E-state index in [-0.39, 0.29) is 19.5 Å². The number of aliphatic hydroxyl groups excluding tert-OH is 1. The summed E-state index contributed by atoms with van der Waals surface area (Å²) in [7, 11) is 1.20. The van der Waals surface area contributed by atoms with Crippen molar-refractivity contribution in [2.45, 2.75) is 72.2 Å². The third kappa shape index (κ3) is 10.0. The van der Waals surface area contributed by atoms with E-state index in [9.17, 15) is 29.4 Å². The van der Waals surface area contributed by atoms with Gasteiger partial charge in [0.1, 0.15) is 11.6 Å². The number of benzene rings is 2. The van der Waals surface area contributed by atoms with Crippen molar-refractivity contribution < 1.29 is 34.1 Å². The first-order valence-electron chi connectivity index (χ1n) is 16.3. The van der Waals surface area contributed by atoms with Gasteiger partial charge in [-0.1, -0.05) is 102 Å². The zero-order valence-corrected chi connectivity index (χ0v) is 29.8. The molecule has 4 amide bonds. The second kappa shape index (κ2) is 16.6. The smallest absolute Gasteiger partial charge is 0.407 e. The van der Waals surface area contributed by atoms with Crippen molar-refractivity contribution in [1.82, 2.24) is 26.1 Å². The fourth-order valence-corrected chi connectivity index (χ4v) is 6.17. The molecule has 13 heteroatoms. The number of alkyl carbamates (subject to hydrolysis) is 1. The largest absolute Gasteiger partial charge is 0.465 e. The van der Waals surface area contributed by atoms with Crippen molar-refractivity contribution in [1.29, 1.82) is 0 Å². The van der Waals surface area contributed by atoms with E-state index in [0.717, 1.165) is 22.4 Å². The minimum Gasteiger partial charge on any atom is -0.465 e. The highest BCUT2D eigenvalue weighted by Gasteiger charge is 2.56. The average Bonchev–Trinajstić information content (AvgIpc) is 3.04. The van der Waals surface area contributed by atoms with Crippen LogP contribution in [0, 0.1) is 16.7 Å². The number of hydrogen-bond acceptors (Lipinski definition) is 8. The number of carboxylic acid groups (broad SMARTS) is 1. The Hall–Kier alpha value is -5.01. The molecule has 7 N–H and O–H groups in total. The molecular weight excluding hydrogens is 640 g/mol. The first kappa shape index (κ1) is 39.4. The van der Waals surface area contributed by atoms with Gasteiger partial charge in [0, 0.05) is 30.8 Å². The van der Waals surface area contributed by atoms with E-state index in [1.54, 1.807) is 59.9 Å². The Labute approximate surface area is 293 Å². The third-order valence-electron chi connectivity index (χ3n) is 8.73. The Balaban J connectivity index is 2.09. The molecule has 1 heterocycles. The molecule has 0 bridgehead atoms. The van der Waals surface area contributed by atoms with Gasteiger partial charge in [-0.3, -0.25) is 20.0 Å². The first-order chi connectivity index (χ1) is 23.4. The van der Waals surface area contributed by atoms with Crippen LogP contribution in [-0.4, -0.2) is 75.5 Å². The van der Waals surface area contributed by atoms with Crippen LogP contribution in [-0.2, 0) is 27.3 Å². The van der Waals surface area contributed by atoms with Gasteiger partial charge in [-0.05, 0) is 40.5 Å². The number of primary amides is 1. The van der Waals surface area contributed by atoms with Crippen molar-refractivity contribution in [2.24, 2.45) is 22.5 Å². The maximum absolute atomic E-state index is 13.9. The van der Waals surface area contributed by atoms with Crippen molar-refractivity contribution in [3.05, 3.63) is 90.1 Å². The Morgan fingerprint density at radius 3 is 2.02 bits per heavy atom. The predicted octanol–water partition coefficient (Wildman–Crippen LogP) is 4.11. The molecule has 0 aliphatic heterocycles. The van der Waals surface area contributed by atoms with E-state index >= 15 is 0 Å². The number of aliphatic hydroxyl groups is 1. The molecule has 0 spiro atoms. The van der Waals surface area contributed by atoms with Crippen LogP contribution in [0.4, 0.5) is 9.59 Å². The van der Waals surface area contributed by atoms with Gasteiger partial charge in [-0.25, -0.2) is 14.6 Å². The van der Waals surface area contributed by atoms with E-state index in [1.165, 1.54) is 12.1 Å². The summed E-state index contributed by atoms with van der Waals surface area (Å²) in [5.41, 5.74) is 8.22. The summed E-state index contributed by atoms with van der Waals surface area (Å²) in [5, 5.41) is 28.6. The van der Waals surface area contributed by atoms with Crippen molar-refractivity contribution in [3.63, 3.8) is 0 Å². The number of ether oxygens (including phenoxy) is 1. The molecule has 0 aliphatic carbocycles. The molecule has 0 fully saturated rings.